The number of amides is 1. The molecule has 0 aromatic heterocycles. The number of rotatable bonds is 5. The first-order chi connectivity index (χ1) is 12.0. The van der Waals surface area contributed by atoms with E-state index in [-0.39, 0.29) is 5.57 Å². The number of nitriles is 1. The van der Waals surface area contributed by atoms with Crippen molar-refractivity contribution in [2.75, 3.05) is 19.5 Å². The van der Waals surface area contributed by atoms with Crippen LogP contribution in [0.1, 0.15) is 16.7 Å². The Hall–Kier alpha value is -3.26. The lowest BCUT2D eigenvalue weighted by Crippen LogP contribution is -2.14. The lowest BCUT2D eigenvalue weighted by molar-refractivity contribution is -0.112. The molecule has 1 amide bonds. The van der Waals surface area contributed by atoms with E-state index in [0.29, 0.717) is 22.7 Å². The molecule has 0 aliphatic carbocycles. The van der Waals surface area contributed by atoms with Crippen molar-refractivity contribution in [1.29, 1.82) is 5.26 Å². The molecule has 0 radical (unpaired) electrons. The Kier molecular flexibility index (Phi) is 5.80. The predicted octanol–water partition coefficient (Wildman–Crippen LogP) is 3.87. The maximum atomic E-state index is 12.5. The second-order valence-electron chi connectivity index (χ2n) is 5.55. The minimum Gasteiger partial charge on any atom is -0.497 e. The Morgan fingerprint density at radius 3 is 2.52 bits per heavy atom. The summed E-state index contributed by atoms with van der Waals surface area (Å²) in [4.78, 5) is 12.5. The monoisotopic (exact) mass is 336 g/mol. The van der Waals surface area contributed by atoms with Crippen molar-refractivity contribution in [2.24, 2.45) is 0 Å². The third kappa shape index (κ3) is 4.39. The quantitative estimate of drug-likeness (QED) is 0.665. The fraction of sp³-hybridized carbons (Fsp3) is 0.200. The van der Waals surface area contributed by atoms with Crippen LogP contribution < -0.4 is 14.8 Å². The van der Waals surface area contributed by atoms with Crippen molar-refractivity contribution in [3.63, 3.8) is 0 Å². The van der Waals surface area contributed by atoms with E-state index in [9.17, 15) is 10.1 Å². The molecule has 2 aromatic carbocycles. The first-order valence-electron chi connectivity index (χ1n) is 7.71. The van der Waals surface area contributed by atoms with Crippen LogP contribution in [0.15, 0.2) is 42.0 Å². The third-order valence-electron chi connectivity index (χ3n) is 3.75. The van der Waals surface area contributed by atoms with Gasteiger partial charge in [0.05, 0.1) is 14.2 Å². The molecule has 2 rings (SSSR count). The molecule has 0 saturated carbocycles. The smallest absolute Gasteiger partial charge is 0.266 e. The second-order valence-corrected chi connectivity index (χ2v) is 5.55. The molecule has 0 bridgehead atoms. The normalized spacial score (nSPS) is 10.8. The van der Waals surface area contributed by atoms with Crippen molar-refractivity contribution >= 4 is 17.7 Å². The topological polar surface area (TPSA) is 71.3 Å². The number of anilines is 1. The molecule has 0 aliphatic rings. The summed E-state index contributed by atoms with van der Waals surface area (Å²) in [5.41, 5.74) is 3.26. The lowest BCUT2D eigenvalue weighted by atomic mass is 10.1. The van der Waals surface area contributed by atoms with Crippen LogP contribution in [0.25, 0.3) is 6.08 Å². The molecule has 0 heterocycles. The highest BCUT2D eigenvalue weighted by Gasteiger charge is 2.13. The summed E-state index contributed by atoms with van der Waals surface area (Å²) in [6.07, 6.45) is 1.50. The van der Waals surface area contributed by atoms with Crippen LogP contribution in [0.3, 0.4) is 0 Å². The van der Waals surface area contributed by atoms with Crippen molar-refractivity contribution in [3.05, 3.63) is 58.7 Å². The van der Waals surface area contributed by atoms with E-state index < -0.39 is 5.91 Å². The van der Waals surface area contributed by atoms with E-state index in [4.69, 9.17) is 9.47 Å². The Balaban J connectivity index is 2.33. The second kappa shape index (κ2) is 8.02. The van der Waals surface area contributed by atoms with Gasteiger partial charge in [-0.25, -0.2) is 0 Å². The van der Waals surface area contributed by atoms with Gasteiger partial charge in [-0.2, -0.15) is 5.26 Å². The average molecular weight is 336 g/mol. The number of methoxy groups -OCH3 is 2. The first kappa shape index (κ1) is 18.1. The van der Waals surface area contributed by atoms with Gasteiger partial charge in [-0.3, -0.25) is 4.79 Å². The number of carbonyl (C=O) groups excluding carboxylic acids is 1. The number of ether oxygens (including phenoxy) is 2. The van der Waals surface area contributed by atoms with Gasteiger partial charge in [0.25, 0.3) is 5.91 Å². The van der Waals surface area contributed by atoms with Crippen molar-refractivity contribution in [3.8, 4) is 17.6 Å². The van der Waals surface area contributed by atoms with Crippen molar-refractivity contribution < 1.29 is 14.3 Å². The minimum absolute atomic E-state index is 0.00984. The van der Waals surface area contributed by atoms with Gasteiger partial charge in [0, 0.05) is 17.3 Å². The Morgan fingerprint density at radius 1 is 1.12 bits per heavy atom. The number of nitrogens with zero attached hydrogens (tertiary/aromatic N) is 1. The molecule has 5 heteroatoms. The predicted molar refractivity (Wildman–Crippen MR) is 97.7 cm³/mol. The van der Waals surface area contributed by atoms with E-state index in [1.165, 1.54) is 13.2 Å². The molecule has 0 spiro atoms. The highest BCUT2D eigenvalue weighted by molar-refractivity contribution is 6.10. The zero-order chi connectivity index (χ0) is 18.4. The molecular formula is C20H20N2O3. The SMILES string of the molecule is COc1ccc(C=C(C#N)C(=O)Nc2cc(C)ccc2C)c(OC)c1. The number of carbonyl (C=O) groups is 1. The molecule has 5 nitrogen and oxygen atoms in total. The number of nitrogens with one attached hydrogen (secondary N) is 1. The molecule has 2 aromatic rings. The molecule has 0 atom stereocenters. The van der Waals surface area contributed by atoms with Crippen molar-refractivity contribution in [2.45, 2.75) is 13.8 Å². The van der Waals surface area contributed by atoms with E-state index in [2.05, 4.69) is 5.32 Å². The van der Waals surface area contributed by atoms with Gasteiger partial charge < -0.3 is 14.8 Å². The zero-order valence-electron chi connectivity index (χ0n) is 14.7. The Bertz CT molecular complexity index is 864. The zero-order valence-corrected chi connectivity index (χ0v) is 14.7. The molecule has 0 aliphatic heterocycles. The standard InChI is InChI=1S/C20H20N2O3/c1-13-5-6-14(2)18(9-13)22-20(23)16(12-21)10-15-7-8-17(24-3)11-19(15)25-4/h5-11H,1-4H3,(H,22,23). The minimum atomic E-state index is -0.464. The summed E-state index contributed by atoms with van der Waals surface area (Å²) < 4.78 is 10.4. The summed E-state index contributed by atoms with van der Waals surface area (Å²) in [5, 5.41) is 12.2. The number of hydrogen-bond acceptors (Lipinski definition) is 4. The highest BCUT2D eigenvalue weighted by atomic mass is 16.5. The van der Waals surface area contributed by atoms with Gasteiger partial charge >= 0.3 is 0 Å². The third-order valence-corrected chi connectivity index (χ3v) is 3.75. The van der Waals surface area contributed by atoms with Gasteiger partial charge in [-0.15, -0.1) is 0 Å². The summed E-state index contributed by atoms with van der Waals surface area (Å²) in [5.74, 6) is 0.688. The number of aryl methyl sites for hydroxylation is 2. The van der Waals surface area contributed by atoms with Crippen LogP contribution in [-0.2, 0) is 4.79 Å². The molecular weight excluding hydrogens is 316 g/mol. The Morgan fingerprint density at radius 2 is 1.88 bits per heavy atom. The molecule has 0 unspecified atom stereocenters. The van der Waals surface area contributed by atoms with E-state index >= 15 is 0 Å². The van der Waals surface area contributed by atoms with Crippen LogP contribution in [0.2, 0.25) is 0 Å². The Labute approximate surface area is 147 Å². The van der Waals surface area contributed by atoms with E-state index in [1.54, 1.807) is 25.3 Å². The van der Waals surface area contributed by atoms with E-state index in [0.717, 1.165) is 11.1 Å². The maximum Gasteiger partial charge on any atom is 0.266 e. The summed E-state index contributed by atoms with van der Waals surface area (Å²) in [6, 6.07) is 12.9. The summed E-state index contributed by atoms with van der Waals surface area (Å²) in [7, 11) is 3.08. The lowest BCUT2D eigenvalue weighted by Gasteiger charge is -2.10. The maximum absolute atomic E-state index is 12.5. The average Bonchev–Trinajstić information content (AvgIpc) is 2.62. The van der Waals surface area contributed by atoms with Gasteiger partial charge in [0.1, 0.15) is 23.1 Å². The number of benzene rings is 2. The molecule has 25 heavy (non-hydrogen) atoms. The number of hydrogen-bond donors (Lipinski definition) is 1. The van der Waals surface area contributed by atoms with Gasteiger partial charge in [-0.05, 0) is 49.2 Å². The fourth-order valence-electron chi connectivity index (χ4n) is 2.30. The molecule has 1 N–H and O–H groups in total. The van der Waals surface area contributed by atoms with Crippen LogP contribution in [0.5, 0.6) is 11.5 Å². The molecule has 0 fully saturated rings. The highest BCUT2D eigenvalue weighted by Crippen LogP contribution is 2.27. The van der Waals surface area contributed by atoms with Gasteiger partial charge in [0.15, 0.2) is 0 Å². The van der Waals surface area contributed by atoms with Crippen LogP contribution in [0, 0.1) is 25.2 Å². The molecule has 0 saturated heterocycles. The van der Waals surface area contributed by atoms with Gasteiger partial charge in [-0.1, -0.05) is 12.1 Å². The first-order valence-corrected chi connectivity index (χ1v) is 7.71. The fourth-order valence-corrected chi connectivity index (χ4v) is 2.30. The largest absolute Gasteiger partial charge is 0.497 e. The summed E-state index contributed by atoms with van der Waals surface area (Å²) >= 11 is 0. The van der Waals surface area contributed by atoms with Crippen LogP contribution >= 0.6 is 0 Å². The van der Waals surface area contributed by atoms with Crippen LogP contribution in [0.4, 0.5) is 5.69 Å². The van der Waals surface area contributed by atoms with Crippen LogP contribution in [-0.4, -0.2) is 20.1 Å². The molecule has 128 valence electrons. The van der Waals surface area contributed by atoms with Gasteiger partial charge in [0.2, 0.25) is 0 Å². The van der Waals surface area contributed by atoms with E-state index in [1.807, 2.05) is 38.1 Å². The summed E-state index contributed by atoms with van der Waals surface area (Å²) in [6.45, 7) is 3.84. The van der Waals surface area contributed by atoms with Crippen molar-refractivity contribution in [1.82, 2.24) is 0 Å².